The topological polar surface area (TPSA) is 27.3 Å². The molecule has 3 rings (SSSR count). The summed E-state index contributed by atoms with van der Waals surface area (Å²) < 4.78 is 0. The smallest absolute Gasteiger partial charge is 0.0575 e. The molecule has 0 bridgehead atoms. The molecule has 32 heavy (non-hydrogen) atoms. The Morgan fingerprint density at radius 3 is 2.56 bits per heavy atom. The number of rotatable bonds is 8. The van der Waals surface area contributed by atoms with Crippen LogP contribution in [-0.4, -0.2) is 32.1 Å². The van der Waals surface area contributed by atoms with Gasteiger partial charge in [0.05, 0.1) is 5.70 Å². The second-order valence-corrected chi connectivity index (χ2v) is 8.96. The Morgan fingerprint density at radius 2 is 1.94 bits per heavy atom. The summed E-state index contributed by atoms with van der Waals surface area (Å²) in [5.74, 6) is 0. The van der Waals surface area contributed by atoms with E-state index in [4.69, 9.17) is 0 Å². The Bertz CT molecular complexity index is 938. The van der Waals surface area contributed by atoms with E-state index in [9.17, 15) is 0 Å². The lowest BCUT2D eigenvalue weighted by molar-refractivity contribution is 0.505. The van der Waals surface area contributed by atoms with E-state index in [2.05, 4.69) is 87.1 Å². The van der Waals surface area contributed by atoms with Gasteiger partial charge in [-0.1, -0.05) is 69.0 Å². The zero-order valence-electron chi connectivity index (χ0n) is 20.9. The number of benzene rings is 1. The van der Waals surface area contributed by atoms with E-state index < -0.39 is 0 Å². The molecule has 1 atom stereocenters. The number of nitrogens with zero attached hydrogens (tertiary/aromatic N) is 1. The summed E-state index contributed by atoms with van der Waals surface area (Å²) in [5, 5.41) is 7.35. The average molecular weight is 432 g/mol. The van der Waals surface area contributed by atoms with Crippen LogP contribution in [0.5, 0.6) is 0 Å². The van der Waals surface area contributed by atoms with Crippen molar-refractivity contribution in [1.29, 1.82) is 0 Å². The highest BCUT2D eigenvalue weighted by Crippen LogP contribution is 2.34. The molecule has 0 saturated heterocycles. The van der Waals surface area contributed by atoms with Crippen molar-refractivity contribution in [3.8, 4) is 0 Å². The van der Waals surface area contributed by atoms with E-state index >= 15 is 0 Å². The van der Waals surface area contributed by atoms with Crippen LogP contribution < -0.4 is 10.6 Å². The quantitative estimate of drug-likeness (QED) is 0.464. The lowest BCUT2D eigenvalue weighted by atomic mass is 9.90. The summed E-state index contributed by atoms with van der Waals surface area (Å²) in [6, 6.07) is 6.54. The first kappa shape index (κ1) is 25.5. The van der Waals surface area contributed by atoms with Gasteiger partial charge in [-0.05, 0) is 81.7 Å². The minimum atomic E-state index is 0.252. The van der Waals surface area contributed by atoms with E-state index in [1.807, 2.05) is 32.1 Å². The summed E-state index contributed by atoms with van der Waals surface area (Å²) in [7, 11) is 6.00. The summed E-state index contributed by atoms with van der Waals surface area (Å²) in [4.78, 5) is 2.00. The van der Waals surface area contributed by atoms with Gasteiger partial charge in [0.15, 0.2) is 0 Å². The maximum atomic E-state index is 4.24. The molecule has 2 N–H and O–H groups in total. The first-order valence-electron chi connectivity index (χ1n) is 11.6. The van der Waals surface area contributed by atoms with Crippen LogP contribution in [0.3, 0.4) is 0 Å². The van der Waals surface area contributed by atoms with Gasteiger partial charge in [0.25, 0.3) is 0 Å². The van der Waals surface area contributed by atoms with Crippen molar-refractivity contribution in [1.82, 2.24) is 10.2 Å². The Kier molecular flexibility index (Phi) is 9.80. The number of hydrogen-bond acceptors (Lipinski definition) is 3. The zero-order chi connectivity index (χ0) is 23.7. The molecule has 1 aromatic rings. The van der Waals surface area contributed by atoms with Gasteiger partial charge in [-0.25, -0.2) is 0 Å². The first-order chi connectivity index (χ1) is 15.3. The van der Waals surface area contributed by atoms with Gasteiger partial charge in [-0.3, -0.25) is 0 Å². The van der Waals surface area contributed by atoms with Gasteiger partial charge in [-0.15, -0.1) is 0 Å². The van der Waals surface area contributed by atoms with Gasteiger partial charge in [-0.2, -0.15) is 0 Å². The van der Waals surface area contributed by atoms with Gasteiger partial charge in [0, 0.05) is 23.8 Å². The van der Waals surface area contributed by atoms with E-state index in [1.165, 1.54) is 28.0 Å². The van der Waals surface area contributed by atoms with Crippen molar-refractivity contribution < 1.29 is 0 Å². The molecular formula is C29H41N3. The zero-order valence-corrected chi connectivity index (χ0v) is 20.9. The van der Waals surface area contributed by atoms with Crippen molar-refractivity contribution in [2.45, 2.75) is 52.5 Å². The molecule has 0 fully saturated rings. The fourth-order valence-electron chi connectivity index (χ4n) is 3.90. The molecular weight excluding hydrogens is 390 g/mol. The Morgan fingerprint density at radius 1 is 1.22 bits per heavy atom. The summed E-state index contributed by atoms with van der Waals surface area (Å²) in [6.07, 6.45) is 15.1. The molecule has 172 valence electrons. The molecule has 0 spiro atoms. The fourth-order valence-corrected chi connectivity index (χ4v) is 3.90. The first-order valence-corrected chi connectivity index (χ1v) is 11.6. The molecule has 1 aromatic carbocycles. The van der Waals surface area contributed by atoms with E-state index in [-0.39, 0.29) is 6.04 Å². The Labute approximate surface area is 196 Å². The minimum absolute atomic E-state index is 0.252. The number of hydrogen-bond donors (Lipinski definition) is 2. The van der Waals surface area contributed by atoms with Crippen LogP contribution in [-0.2, 0) is 0 Å². The van der Waals surface area contributed by atoms with Crippen LogP contribution >= 0.6 is 0 Å². The van der Waals surface area contributed by atoms with Crippen LogP contribution in [0.1, 0.15) is 50.7 Å². The van der Waals surface area contributed by atoms with Gasteiger partial charge < -0.3 is 15.5 Å². The predicted octanol–water partition coefficient (Wildman–Crippen LogP) is 6.99. The van der Waals surface area contributed by atoms with Crippen LogP contribution in [0.25, 0.3) is 6.08 Å². The fraction of sp³-hybridized carbons (Fsp3) is 0.379. The third-order valence-corrected chi connectivity index (χ3v) is 5.55. The minimum Gasteiger partial charge on any atom is -0.377 e. The molecule has 2 aliphatic carbocycles. The molecule has 0 heterocycles. The third-order valence-electron chi connectivity index (χ3n) is 5.55. The molecule has 0 radical (unpaired) electrons. The molecule has 3 heteroatoms. The van der Waals surface area contributed by atoms with Crippen LogP contribution in [0.15, 0.2) is 83.8 Å². The van der Waals surface area contributed by atoms with Crippen LogP contribution in [0.4, 0.5) is 5.69 Å². The van der Waals surface area contributed by atoms with Crippen molar-refractivity contribution in [3.63, 3.8) is 0 Å². The highest BCUT2D eigenvalue weighted by atomic mass is 15.0. The normalized spacial score (nSPS) is 16.3. The van der Waals surface area contributed by atoms with Crippen molar-refractivity contribution in [2.24, 2.45) is 0 Å². The lowest BCUT2D eigenvalue weighted by Crippen LogP contribution is -2.34. The molecule has 2 aliphatic rings. The maximum absolute atomic E-state index is 4.24. The molecule has 3 nitrogen and oxygen atoms in total. The van der Waals surface area contributed by atoms with Gasteiger partial charge in [0.2, 0.25) is 0 Å². The maximum Gasteiger partial charge on any atom is 0.0575 e. The standard InChI is InChI=1S/C26H32N2.C3H9N/c1-6-12-22-13-9-8-10-15-23(22)20(5)27-26-18(3)17-25(26)28-24-16-11-14-21(7-2)19(24)4;1-4(2)3/h7-9,11,13-16,20,27-28H,2-3,6,10,12,17H2,1,4-5H3;1-3H3. The van der Waals surface area contributed by atoms with E-state index in [0.29, 0.717) is 0 Å². The second-order valence-electron chi connectivity index (χ2n) is 8.96. The largest absolute Gasteiger partial charge is 0.377 e. The summed E-state index contributed by atoms with van der Waals surface area (Å²) in [6.45, 7) is 14.8. The highest BCUT2D eigenvalue weighted by molar-refractivity contribution is 5.67. The van der Waals surface area contributed by atoms with Crippen molar-refractivity contribution in [2.75, 3.05) is 26.5 Å². The second kappa shape index (κ2) is 12.3. The highest BCUT2D eigenvalue weighted by Gasteiger charge is 2.25. The average Bonchev–Trinajstić information content (AvgIpc) is 2.98. The monoisotopic (exact) mass is 431 g/mol. The van der Waals surface area contributed by atoms with Crippen LogP contribution in [0.2, 0.25) is 0 Å². The molecule has 0 aliphatic heterocycles. The Balaban J connectivity index is 0.000000837. The number of nitrogens with one attached hydrogen (secondary N) is 2. The number of allylic oxidation sites excluding steroid dienone is 6. The number of anilines is 1. The van der Waals surface area contributed by atoms with Crippen molar-refractivity contribution >= 4 is 11.8 Å². The molecule has 0 amide bonds. The Hall–Kier alpha value is -2.78. The van der Waals surface area contributed by atoms with Gasteiger partial charge in [0.1, 0.15) is 0 Å². The molecule has 0 aromatic heterocycles. The van der Waals surface area contributed by atoms with E-state index in [1.54, 1.807) is 0 Å². The van der Waals surface area contributed by atoms with E-state index in [0.717, 1.165) is 42.6 Å². The van der Waals surface area contributed by atoms with Crippen molar-refractivity contribution in [3.05, 3.63) is 94.9 Å². The SMILES string of the molecule is C=Cc1cccc(NC2=C(NC(C)C3=CCC=CC=C3CCC)C(=C)C2)c1C.CN(C)C. The third kappa shape index (κ3) is 6.86. The summed E-state index contributed by atoms with van der Waals surface area (Å²) in [5.41, 5.74) is 9.91. The lowest BCUT2D eigenvalue weighted by Gasteiger charge is -2.32. The molecule has 0 saturated carbocycles. The van der Waals surface area contributed by atoms with Gasteiger partial charge >= 0.3 is 0 Å². The summed E-state index contributed by atoms with van der Waals surface area (Å²) >= 11 is 0. The molecule has 1 unspecified atom stereocenters. The van der Waals surface area contributed by atoms with Crippen LogP contribution in [0, 0.1) is 6.92 Å². The predicted molar refractivity (Wildman–Crippen MR) is 143 cm³/mol.